The number of para-hydroxylation sites is 1. The van der Waals surface area contributed by atoms with Gasteiger partial charge in [0.25, 0.3) is 0 Å². The highest BCUT2D eigenvalue weighted by atomic mass is 79.9. The Labute approximate surface area is 150 Å². The normalized spacial score (nSPS) is 10.2. The number of amides is 2. The minimum absolute atomic E-state index is 0.0437. The second-order valence-corrected chi connectivity index (χ2v) is 6.40. The van der Waals surface area contributed by atoms with Crippen LogP contribution in [-0.2, 0) is 9.59 Å². The average Bonchev–Trinajstić information content (AvgIpc) is 2.54. The molecule has 2 amide bonds. The van der Waals surface area contributed by atoms with E-state index in [2.05, 4.69) is 21.2 Å². The molecule has 2 aromatic rings. The number of carbonyl (C=O) groups excluding carboxylic acids is 2. The number of nitrogens with one attached hydrogen (secondary N) is 1. The zero-order chi connectivity index (χ0) is 17.7. The first-order valence-electron chi connectivity index (χ1n) is 7.48. The minimum atomic E-state index is -0.256. The summed E-state index contributed by atoms with van der Waals surface area (Å²) in [5, 5.41) is 2.81. The lowest BCUT2D eigenvalue weighted by atomic mass is 10.2. The second-order valence-electron chi connectivity index (χ2n) is 5.54. The highest BCUT2D eigenvalue weighted by Gasteiger charge is 2.16. The van der Waals surface area contributed by atoms with Gasteiger partial charge in [-0.05, 0) is 52.3 Å². The van der Waals surface area contributed by atoms with Gasteiger partial charge >= 0.3 is 0 Å². The zero-order valence-corrected chi connectivity index (χ0v) is 15.5. The van der Waals surface area contributed by atoms with E-state index in [1.54, 1.807) is 6.07 Å². The first-order chi connectivity index (χ1) is 11.4. The van der Waals surface area contributed by atoms with Gasteiger partial charge in [-0.15, -0.1) is 0 Å². The molecule has 0 atom stereocenters. The summed E-state index contributed by atoms with van der Waals surface area (Å²) in [7, 11) is 3.89. The van der Waals surface area contributed by atoms with Gasteiger partial charge in [0.2, 0.25) is 11.8 Å². The summed E-state index contributed by atoms with van der Waals surface area (Å²) in [6, 6.07) is 14.8. The molecule has 0 heterocycles. The molecule has 0 aliphatic carbocycles. The van der Waals surface area contributed by atoms with Crippen molar-refractivity contribution in [2.75, 3.05) is 35.8 Å². The smallest absolute Gasteiger partial charge is 0.244 e. The Morgan fingerprint density at radius 3 is 2.12 bits per heavy atom. The van der Waals surface area contributed by atoms with Gasteiger partial charge < -0.3 is 15.1 Å². The number of halogens is 1. The Morgan fingerprint density at radius 2 is 1.58 bits per heavy atom. The van der Waals surface area contributed by atoms with Crippen LogP contribution in [0, 0.1) is 0 Å². The van der Waals surface area contributed by atoms with Gasteiger partial charge in [0.15, 0.2) is 0 Å². The van der Waals surface area contributed by atoms with Crippen LogP contribution in [0.25, 0.3) is 0 Å². The number of hydrogen-bond acceptors (Lipinski definition) is 3. The van der Waals surface area contributed by atoms with Crippen molar-refractivity contribution in [3.63, 3.8) is 0 Å². The third-order valence-corrected chi connectivity index (χ3v) is 4.20. The van der Waals surface area contributed by atoms with Crippen LogP contribution in [0.4, 0.5) is 17.1 Å². The molecule has 0 saturated carbocycles. The summed E-state index contributed by atoms with van der Waals surface area (Å²) in [6.45, 7) is 1.41. The third kappa shape index (κ3) is 4.58. The molecule has 0 aliphatic heterocycles. The van der Waals surface area contributed by atoms with E-state index in [-0.39, 0.29) is 18.4 Å². The highest BCUT2D eigenvalue weighted by Crippen LogP contribution is 2.22. The minimum Gasteiger partial charge on any atom is -0.378 e. The summed E-state index contributed by atoms with van der Waals surface area (Å²) >= 11 is 3.39. The Hall–Kier alpha value is -2.34. The predicted octanol–water partition coefficient (Wildman–Crippen LogP) is 3.51. The highest BCUT2D eigenvalue weighted by molar-refractivity contribution is 9.10. The molecule has 0 saturated heterocycles. The fourth-order valence-electron chi connectivity index (χ4n) is 2.21. The first-order valence-corrected chi connectivity index (χ1v) is 8.27. The molecule has 0 bridgehead atoms. The molecule has 24 heavy (non-hydrogen) atoms. The summed E-state index contributed by atoms with van der Waals surface area (Å²) < 4.78 is 0.795. The molecule has 6 heteroatoms. The fraction of sp³-hybridized carbons (Fsp3) is 0.222. The van der Waals surface area contributed by atoms with E-state index in [1.807, 2.05) is 61.5 Å². The molecule has 0 radical (unpaired) electrons. The van der Waals surface area contributed by atoms with Crippen LogP contribution in [0.15, 0.2) is 53.0 Å². The van der Waals surface area contributed by atoms with Crippen molar-refractivity contribution < 1.29 is 9.59 Å². The Bertz CT molecular complexity index is 729. The molecule has 0 spiro atoms. The van der Waals surface area contributed by atoms with E-state index in [4.69, 9.17) is 0 Å². The largest absolute Gasteiger partial charge is 0.378 e. The van der Waals surface area contributed by atoms with Crippen LogP contribution in [-0.4, -0.2) is 32.5 Å². The van der Waals surface area contributed by atoms with Gasteiger partial charge in [0.1, 0.15) is 6.54 Å². The van der Waals surface area contributed by atoms with Crippen LogP contribution in [0.3, 0.4) is 0 Å². The number of benzene rings is 2. The van der Waals surface area contributed by atoms with Crippen LogP contribution >= 0.6 is 15.9 Å². The van der Waals surface area contributed by atoms with Gasteiger partial charge in [-0.25, -0.2) is 0 Å². The van der Waals surface area contributed by atoms with Gasteiger partial charge in [0.05, 0.1) is 5.69 Å². The summed E-state index contributed by atoms with van der Waals surface area (Å²) in [4.78, 5) is 27.7. The fourth-order valence-corrected chi connectivity index (χ4v) is 2.59. The SMILES string of the molecule is CC(=O)N(CC(=O)Nc1ccccc1Br)c1ccc(N(C)C)cc1. The van der Waals surface area contributed by atoms with Crippen molar-refractivity contribution in [3.8, 4) is 0 Å². The topological polar surface area (TPSA) is 52.7 Å². The Balaban J connectivity index is 2.12. The maximum absolute atomic E-state index is 12.3. The number of nitrogens with zero attached hydrogens (tertiary/aromatic N) is 2. The molecule has 0 unspecified atom stereocenters. The summed E-state index contributed by atoms with van der Waals surface area (Å²) in [6.07, 6.45) is 0. The Morgan fingerprint density at radius 1 is 1.00 bits per heavy atom. The van der Waals surface area contributed by atoms with Gasteiger partial charge in [-0.2, -0.15) is 0 Å². The van der Waals surface area contributed by atoms with Crippen molar-refractivity contribution in [2.45, 2.75) is 6.92 Å². The van der Waals surface area contributed by atoms with E-state index in [0.717, 1.165) is 10.2 Å². The molecule has 0 aliphatic rings. The van der Waals surface area contributed by atoms with E-state index >= 15 is 0 Å². The quantitative estimate of drug-likeness (QED) is 0.850. The van der Waals surface area contributed by atoms with Crippen LogP contribution in [0.2, 0.25) is 0 Å². The number of carbonyl (C=O) groups is 2. The molecule has 2 aromatic carbocycles. The van der Waals surface area contributed by atoms with Crippen molar-refractivity contribution in [2.24, 2.45) is 0 Å². The number of rotatable bonds is 5. The van der Waals surface area contributed by atoms with Crippen molar-refractivity contribution in [1.82, 2.24) is 0 Å². The number of anilines is 3. The van der Waals surface area contributed by atoms with Gasteiger partial charge in [-0.1, -0.05) is 12.1 Å². The maximum atomic E-state index is 12.3. The lowest BCUT2D eigenvalue weighted by Gasteiger charge is -2.22. The first kappa shape index (κ1) is 18.0. The van der Waals surface area contributed by atoms with Gasteiger partial charge in [-0.3, -0.25) is 9.59 Å². The predicted molar refractivity (Wildman–Crippen MR) is 102 cm³/mol. The third-order valence-electron chi connectivity index (χ3n) is 3.51. The summed E-state index contributed by atoms with van der Waals surface area (Å²) in [5.41, 5.74) is 2.39. The van der Waals surface area contributed by atoms with E-state index in [0.29, 0.717) is 11.4 Å². The molecule has 2 rings (SSSR count). The molecular formula is C18H20BrN3O2. The molecule has 126 valence electrons. The maximum Gasteiger partial charge on any atom is 0.244 e. The summed E-state index contributed by atoms with van der Waals surface area (Å²) in [5.74, 6) is -0.441. The monoisotopic (exact) mass is 389 g/mol. The van der Waals surface area contributed by atoms with Crippen LogP contribution in [0.5, 0.6) is 0 Å². The van der Waals surface area contributed by atoms with Crippen molar-refractivity contribution >= 4 is 44.8 Å². The van der Waals surface area contributed by atoms with Gasteiger partial charge in [0, 0.05) is 36.9 Å². The standard InChI is InChI=1S/C18H20BrN3O2/c1-13(23)22(15-10-8-14(9-11-15)21(2)3)12-18(24)20-17-7-5-4-6-16(17)19/h4-11H,12H2,1-3H3,(H,20,24). The Kier molecular flexibility index (Phi) is 5.98. The number of hydrogen-bond donors (Lipinski definition) is 1. The lowest BCUT2D eigenvalue weighted by Crippen LogP contribution is -2.36. The second kappa shape index (κ2) is 7.97. The van der Waals surface area contributed by atoms with Crippen LogP contribution < -0.4 is 15.1 Å². The van der Waals surface area contributed by atoms with E-state index < -0.39 is 0 Å². The molecule has 0 fully saturated rings. The zero-order valence-electron chi connectivity index (χ0n) is 13.9. The average molecular weight is 390 g/mol. The van der Waals surface area contributed by atoms with Crippen molar-refractivity contribution in [1.29, 1.82) is 0 Å². The van der Waals surface area contributed by atoms with Crippen LogP contribution in [0.1, 0.15) is 6.92 Å². The molecule has 0 aromatic heterocycles. The van der Waals surface area contributed by atoms with E-state index in [1.165, 1.54) is 11.8 Å². The molecule has 5 nitrogen and oxygen atoms in total. The lowest BCUT2D eigenvalue weighted by molar-refractivity contribution is -0.120. The molecular weight excluding hydrogens is 370 g/mol. The molecule has 1 N–H and O–H groups in total. The van der Waals surface area contributed by atoms with Crippen molar-refractivity contribution in [3.05, 3.63) is 53.0 Å². The van der Waals surface area contributed by atoms with E-state index in [9.17, 15) is 9.59 Å².